The molecule has 2 fully saturated rings. The lowest BCUT2D eigenvalue weighted by atomic mass is 9.92. The van der Waals surface area contributed by atoms with E-state index in [1.165, 1.54) is 11.3 Å². The molecule has 1 aromatic heterocycles. The monoisotopic (exact) mass is 454 g/mol. The molecule has 0 N–H and O–H groups in total. The number of hydrogen-bond acceptors (Lipinski definition) is 5. The fourth-order valence-corrected chi connectivity index (χ4v) is 5.75. The maximum absolute atomic E-state index is 13.1. The van der Waals surface area contributed by atoms with Crippen LogP contribution in [0.25, 0.3) is 10.4 Å². The maximum Gasteiger partial charge on any atom is 0.263 e. The second-order valence-corrected chi connectivity index (χ2v) is 10.2. The van der Waals surface area contributed by atoms with Gasteiger partial charge in [0.25, 0.3) is 5.91 Å². The highest BCUT2D eigenvalue weighted by atomic mass is 32.1. The number of fused-ring (bicyclic) bond motifs is 1. The van der Waals surface area contributed by atoms with E-state index < -0.39 is 0 Å². The van der Waals surface area contributed by atoms with Crippen molar-refractivity contribution in [2.75, 3.05) is 39.4 Å². The lowest BCUT2D eigenvalue weighted by Gasteiger charge is -2.36. The lowest BCUT2D eigenvalue weighted by Crippen LogP contribution is -2.46. The van der Waals surface area contributed by atoms with Crippen LogP contribution in [0.4, 0.5) is 0 Å². The summed E-state index contributed by atoms with van der Waals surface area (Å²) in [7, 11) is 0. The van der Waals surface area contributed by atoms with E-state index in [2.05, 4.69) is 6.92 Å². The largest absolute Gasteiger partial charge is 0.486 e. The summed E-state index contributed by atoms with van der Waals surface area (Å²) in [5.41, 5.74) is 1.03. The summed E-state index contributed by atoms with van der Waals surface area (Å²) in [6.45, 7) is 6.46. The molecule has 1 aromatic carbocycles. The first kappa shape index (κ1) is 21.3. The molecule has 6 nitrogen and oxygen atoms in total. The Morgan fingerprint density at radius 3 is 2.31 bits per heavy atom. The minimum absolute atomic E-state index is 0.0593. The molecule has 0 saturated carbocycles. The van der Waals surface area contributed by atoms with Gasteiger partial charge in [-0.2, -0.15) is 0 Å². The highest BCUT2D eigenvalue weighted by molar-refractivity contribution is 7.17. The Morgan fingerprint density at radius 2 is 1.56 bits per heavy atom. The predicted octanol–water partition coefficient (Wildman–Crippen LogP) is 4.30. The Labute approximate surface area is 193 Å². The van der Waals surface area contributed by atoms with Crippen molar-refractivity contribution >= 4 is 23.2 Å². The molecule has 0 radical (unpaired) electrons. The van der Waals surface area contributed by atoms with Crippen LogP contribution < -0.4 is 9.47 Å². The van der Waals surface area contributed by atoms with Crippen molar-refractivity contribution in [2.45, 2.75) is 32.6 Å². The number of nitrogens with zero attached hydrogens (tertiary/aromatic N) is 2. The van der Waals surface area contributed by atoms with Gasteiger partial charge < -0.3 is 19.3 Å². The SMILES string of the molecule is CC1CCN(C(=O)C2CCN(C(=O)c3ccc(-c4ccc5c(c4)OCCO5)s3)CC2)CC1. The molecule has 5 rings (SSSR count). The Balaban J connectivity index is 1.19. The maximum atomic E-state index is 13.1. The molecular weight excluding hydrogens is 424 g/mol. The van der Waals surface area contributed by atoms with E-state index in [1.54, 1.807) is 0 Å². The van der Waals surface area contributed by atoms with Gasteiger partial charge in [-0.25, -0.2) is 0 Å². The van der Waals surface area contributed by atoms with Gasteiger partial charge in [-0.05, 0) is 67.5 Å². The number of piperidine rings is 2. The smallest absolute Gasteiger partial charge is 0.263 e. The standard InChI is InChI=1S/C25H30N2O4S/c1-17-6-10-26(11-7-17)24(28)18-8-12-27(13-9-18)25(29)23-5-4-22(32-23)19-2-3-20-21(16-19)31-15-14-30-20/h2-5,16-18H,6-15H2,1H3. The summed E-state index contributed by atoms with van der Waals surface area (Å²) in [5.74, 6) is 2.66. The second kappa shape index (κ2) is 9.14. The van der Waals surface area contributed by atoms with Crippen LogP contribution in [0, 0.1) is 11.8 Å². The number of hydrogen-bond donors (Lipinski definition) is 0. The minimum atomic E-state index is 0.0593. The van der Waals surface area contributed by atoms with Gasteiger partial charge in [-0.3, -0.25) is 9.59 Å². The van der Waals surface area contributed by atoms with Crippen LogP contribution in [0.5, 0.6) is 11.5 Å². The molecule has 0 atom stereocenters. The van der Waals surface area contributed by atoms with Crippen LogP contribution in [0.15, 0.2) is 30.3 Å². The predicted molar refractivity (Wildman–Crippen MR) is 124 cm³/mol. The number of amides is 2. The summed E-state index contributed by atoms with van der Waals surface area (Å²) in [6.07, 6.45) is 3.73. The van der Waals surface area contributed by atoms with E-state index in [-0.39, 0.29) is 11.8 Å². The van der Waals surface area contributed by atoms with Gasteiger partial charge in [-0.1, -0.05) is 6.92 Å². The first-order chi connectivity index (χ1) is 15.6. The Kier molecular flexibility index (Phi) is 6.09. The second-order valence-electron chi connectivity index (χ2n) is 9.10. The summed E-state index contributed by atoms with van der Waals surface area (Å²) in [5, 5.41) is 0. The third kappa shape index (κ3) is 4.35. The first-order valence-corrected chi connectivity index (χ1v) is 12.5. The third-order valence-electron chi connectivity index (χ3n) is 6.87. The molecule has 170 valence electrons. The third-order valence-corrected chi connectivity index (χ3v) is 7.99. The molecule has 0 bridgehead atoms. The molecule has 0 aliphatic carbocycles. The van der Waals surface area contributed by atoms with Crippen LogP contribution in [0.3, 0.4) is 0 Å². The van der Waals surface area contributed by atoms with Gasteiger partial charge in [0.15, 0.2) is 11.5 Å². The molecule has 4 heterocycles. The summed E-state index contributed by atoms with van der Waals surface area (Å²) in [4.78, 5) is 31.7. The molecule has 3 aliphatic heterocycles. The summed E-state index contributed by atoms with van der Waals surface area (Å²) < 4.78 is 11.3. The van der Waals surface area contributed by atoms with Crippen molar-refractivity contribution in [1.29, 1.82) is 0 Å². The number of carbonyl (C=O) groups excluding carboxylic acids is 2. The lowest BCUT2D eigenvalue weighted by molar-refractivity contribution is -0.138. The zero-order chi connectivity index (χ0) is 22.1. The highest BCUT2D eigenvalue weighted by Gasteiger charge is 2.32. The van der Waals surface area contributed by atoms with Gasteiger partial charge >= 0.3 is 0 Å². The van der Waals surface area contributed by atoms with Crippen LogP contribution in [0.1, 0.15) is 42.3 Å². The number of thiophene rings is 1. The average Bonchev–Trinajstić information content (AvgIpc) is 3.34. The van der Waals surface area contributed by atoms with Crippen molar-refractivity contribution in [2.24, 2.45) is 11.8 Å². The number of rotatable bonds is 3. The molecular formula is C25H30N2O4S. The van der Waals surface area contributed by atoms with E-state index in [0.717, 1.165) is 71.5 Å². The Morgan fingerprint density at radius 1 is 0.875 bits per heavy atom. The van der Waals surface area contributed by atoms with Crippen molar-refractivity contribution in [3.63, 3.8) is 0 Å². The van der Waals surface area contributed by atoms with Gasteiger partial charge in [0, 0.05) is 37.0 Å². The zero-order valence-electron chi connectivity index (χ0n) is 18.5. The van der Waals surface area contributed by atoms with E-state index >= 15 is 0 Å². The van der Waals surface area contributed by atoms with Crippen molar-refractivity contribution in [1.82, 2.24) is 9.80 Å². The van der Waals surface area contributed by atoms with E-state index in [1.807, 2.05) is 40.1 Å². The molecule has 0 spiro atoms. The Bertz CT molecular complexity index is 988. The molecule has 3 aliphatic rings. The minimum Gasteiger partial charge on any atom is -0.486 e. The number of carbonyl (C=O) groups is 2. The number of ether oxygens (including phenoxy) is 2. The van der Waals surface area contributed by atoms with E-state index in [0.29, 0.717) is 32.2 Å². The number of likely N-dealkylation sites (tertiary alicyclic amines) is 2. The summed E-state index contributed by atoms with van der Waals surface area (Å²) >= 11 is 1.51. The molecule has 2 aromatic rings. The van der Waals surface area contributed by atoms with E-state index in [9.17, 15) is 9.59 Å². The fourth-order valence-electron chi connectivity index (χ4n) is 4.78. The van der Waals surface area contributed by atoms with Gasteiger partial charge in [0.2, 0.25) is 5.91 Å². The average molecular weight is 455 g/mol. The van der Waals surface area contributed by atoms with Crippen molar-refractivity contribution in [3.8, 4) is 21.9 Å². The fraction of sp³-hybridized carbons (Fsp3) is 0.520. The first-order valence-electron chi connectivity index (χ1n) is 11.7. The van der Waals surface area contributed by atoms with Crippen LogP contribution >= 0.6 is 11.3 Å². The molecule has 0 unspecified atom stereocenters. The molecule has 2 amide bonds. The van der Waals surface area contributed by atoms with Crippen LogP contribution in [-0.2, 0) is 4.79 Å². The Hall–Kier alpha value is -2.54. The molecule has 7 heteroatoms. The zero-order valence-corrected chi connectivity index (χ0v) is 19.4. The highest BCUT2D eigenvalue weighted by Crippen LogP contribution is 2.37. The van der Waals surface area contributed by atoms with Crippen LogP contribution in [-0.4, -0.2) is 61.0 Å². The molecule has 2 saturated heterocycles. The normalized spacial score (nSPS) is 19.8. The van der Waals surface area contributed by atoms with Crippen molar-refractivity contribution in [3.05, 3.63) is 35.2 Å². The number of benzene rings is 1. The van der Waals surface area contributed by atoms with E-state index in [4.69, 9.17) is 9.47 Å². The van der Waals surface area contributed by atoms with Gasteiger partial charge in [-0.15, -0.1) is 11.3 Å². The quantitative estimate of drug-likeness (QED) is 0.694. The van der Waals surface area contributed by atoms with Crippen molar-refractivity contribution < 1.29 is 19.1 Å². The van der Waals surface area contributed by atoms with Gasteiger partial charge in [0.05, 0.1) is 4.88 Å². The topological polar surface area (TPSA) is 59.1 Å². The molecule has 32 heavy (non-hydrogen) atoms. The summed E-state index contributed by atoms with van der Waals surface area (Å²) in [6, 6.07) is 9.82. The van der Waals surface area contributed by atoms with Gasteiger partial charge in [0.1, 0.15) is 13.2 Å². The van der Waals surface area contributed by atoms with Crippen LogP contribution in [0.2, 0.25) is 0 Å².